The summed E-state index contributed by atoms with van der Waals surface area (Å²) in [7, 11) is 0. The molecule has 1 nitrogen and oxygen atoms in total. The highest BCUT2D eigenvalue weighted by atomic mass is 15.1. The lowest BCUT2D eigenvalue weighted by molar-refractivity contribution is 0.378. The summed E-state index contributed by atoms with van der Waals surface area (Å²) in [4.78, 5) is 2.71. The maximum absolute atomic E-state index is 2.71. The molecule has 0 aliphatic carbocycles. The maximum atomic E-state index is 2.71. The van der Waals surface area contributed by atoms with E-state index in [4.69, 9.17) is 0 Å². The van der Waals surface area contributed by atoms with Crippen LogP contribution in [0.15, 0.2) is 23.8 Å². The molecule has 0 radical (unpaired) electrons. The Hall–Kier alpha value is -0.655. The fraction of sp³-hybridized carbons (Fsp3) is 0.789. The molecule has 21 heavy (non-hydrogen) atoms. The second kappa shape index (κ2) is 9.38. The van der Waals surface area contributed by atoms with Crippen molar-refractivity contribution in [1.29, 1.82) is 0 Å². The van der Waals surface area contributed by atoms with E-state index in [1.165, 1.54) is 38.5 Å². The lowest BCUT2D eigenvalue weighted by atomic mass is 9.52. The first-order valence-electron chi connectivity index (χ1n) is 9.15. The molecule has 0 fully saturated rings. The van der Waals surface area contributed by atoms with Crippen molar-refractivity contribution in [1.82, 2.24) is 4.81 Å². The van der Waals surface area contributed by atoms with Gasteiger partial charge >= 0.3 is 0 Å². The number of hydrogen-bond acceptors (Lipinski definition) is 1. The predicted octanol–water partition coefficient (Wildman–Crippen LogP) is 5.80. The van der Waals surface area contributed by atoms with Gasteiger partial charge in [-0.2, -0.15) is 0 Å². The van der Waals surface area contributed by atoms with Gasteiger partial charge in [0.2, 0.25) is 0 Å². The molecule has 1 heterocycles. The van der Waals surface area contributed by atoms with Gasteiger partial charge in [-0.15, -0.1) is 0 Å². The van der Waals surface area contributed by atoms with Crippen molar-refractivity contribution in [3.63, 3.8) is 0 Å². The molecule has 2 heteroatoms. The molecule has 1 aliphatic rings. The molecule has 120 valence electrons. The van der Waals surface area contributed by atoms with E-state index in [0.717, 1.165) is 17.8 Å². The van der Waals surface area contributed by atoms with Crippen LogP contribution in [0.3, 0.4) is 0 Å². The molecule has 0 bridgehead atoms. The van der Waals surface area contributed by atoms with Gasteiger partial charge in [-0.3, -0.25) is 0 Å². The smallest absolute Gasteiger partial charge is 0.281 e. The molecule has 0 aromatic rings. The number of allylic oxidation sites excluding steroid dienone is 3. The van der Waals surface area contributed by atoms with Gasteiger partial charge in [-0.1, -0.05) is 72.9 Å². The summed E-state index contributed by atoms with van der Waals surface area (Å²) >= 11 is 0. The highest BCUT2D eigenvalue weighted by molar-refractivity contribution is 6.62. The van der Waals surface area contributed by atoms with Crippen molar-refractivity contribution in [2.24, 2.45) is 17.8 Å². The lowest BCUT2D eigenvalue weighted by Crippen LogP contribution is -2.42. The molecule has 3 atom stereocenters. The van der Waals surface area contributed by atoms with Gasteiger partial charge in [0.05, 0.1) is 0 Å². The molecule has 0 saturated carbocycles. The van der Waals surface area contributed by atoms with E-state index in [9.17, 15) is 0 Å². The van der Waals surface area contributed by atoms with Crippen molar-refractivity contribution in [3.8, 4) is 0 Å². The Bertz CT molecular complexity index is 347. The first-order valence-corrected chi connectivity index (χ1v) is 9.15. The Morgan fingerprint density at radius 2 is 1.57 bits per heavy atom. The quantitative estimate of drug-likeness (QED) is 0.485. The summed E-state index contributed by atoms with van der Waals surface area (Å²) in [5.41, 5.74) is 1.57. The Labute approximate surface area is 134 Å². The van der Waals surface area contributed by atoms with Crippen LogP contribution in [-0.4, -0.2) is 18.2 Å². The summed E-state index contributed by atoms with van der Waals surface area (Å²) in [5, 5.41) is 0. The van der Waals surface area contributed by atoms with Crippen LogP contribution in [0.4, 0.5) is 0 Å². The van der Waals surface area contributed by atoms with Crippen molar-refractivity contribution in [3.05, 3.63) is 23.8 Å². The van der Waals surface area contributed by atoms with Crippen LogP contribution in [0.5, 0.6) is 0 Å². The molecule has 0 spiro atoms. The summed E-state index contributed by atoms with van der Waals surface area (Å²) in [6.07, 6.45) is 11.0. The zero-order valence-corrected chi connectivity index (χ0v) is 15.2. The molecule has 0 saturated heterocycles. The van der Waals surface area contributed by atoms with Crippen LogP contribution in [0.25, 0.3) is 0 Å². The molecule has 3 unspecified atom stereocenters. The number of nitrogens with zero attached hydrogens (tertiary/aromatic N) is 1. The van der Waals surface area contributed by atoms with Crippen LogP contribution in [0.1, 0.15) is 67.2 Å². The van der Waals surface area contributed by atoms with E-state index in [0.29, 0.717) is 6.85 Å². The van der Waals surface area contributed by atoms with Gasteiger partial charge in [0, 0.05) is 12.2 Å². The second-order valence-electron chi connectivity index (χ2n) is 7.24. The van der Waals surface area contributed by atoms with Crippen LogP contribution in [0, 0.1) is 17.8 Å². The monoisotopic (exact) mass is 289 g/mol. The Balaban J connectivity index is 2.83. The van der Waals surface area contributed by atoms with Crippen molar-refractivity contribution in [2.75, 3.05) is 6.54 Å². The van der Waals surface area contributed by atoms with E-state index in [-0.39, 0.29) is 0 Å². The van der Waals surface area contributed by atoms with Gasteiger partial charge in [0.15, 0.2) is 0 Å². The summed E-state index contributed by atoms with van der Waals surface area (Å²) in [5.74, 6) is 4.79. The van der Waals surface area contributed by atoms with E-state index >= 15 is 0 Å². The largest absolute Gasteiger partial charge is 0.414 e. The molecular weight excluding hydrogens is 253 g/mol. The highest BCUT2D eigenvalue weighted by Gasteiger charge is 2.27. The second-order valence-corrected chi connectivity index (χ2v) is 7.24. The highest BCUT2D eigenvalue weighted by Crippen LogP contribution is 2.27. The number of hydrogen-bond donors (Lipinski definition) is 0. The van der Waals surface area contributed by atoms with Crippen molar-refractivity contribution >= 4 is 6.85 Å². The van der Waals surface area contributed by atoms with Crippen LogP contribution < -0.4 is 0 Å². The molecule has 0 aromatic heterocycles. The standard InChI is InChI=1S/C19H36BN/c1-7-16(4)13-19-11-10-12-20(14-17(5)8-2)21(19)15-18(6)9-3/h10-12,16-18H,7-9,13-15H2,1-6H3. The number of rotatable bonds is 9. The van der Waals surface area contributed by atoms with E-state index in [1.807, 2.05) is 0 Å². The minimum atomic E-state index is 0.609. The van der Waals surface area contributed by atoms with Gasteiger partial charge in [0.1, 0.15) is 0 Å². The first-order chi connectivity index (χ1) is 10.0. The third kappa shape index (κ3) is 5.92. The summed E-state index contributed by atoms with van der Waals surface area (Å²) in [6, 6.07) is 0. The molecule has 0 aromatic carbocycles. The summed E-state index contributed by atoms with van der Waals surface area (Å²) in [6.45, 7) is 15.9. The normalized spacial score (nSPS) is 19.4. The fourth-order valence-corrected chi connectivity index (χ4v) is 2.90. The molecular formula is C19H36BN. The van der Waals surface area contributed by atoms with Gasteiger partial charge in [0.25, 0.3) is 6.85 Å². The third-order valence-electron chi connectivity index (χ3n) is 5.19. The van der Waals surface area contributed by atoms with Crippen molar-refractivity contribution < 1.29 is 0 Å². The van der Waals surface area contributed by atoms with Gasteiger partial charge < -0.3 is 4.81 Å². The minimum absolute atomic E-state index is 0.609. The zero-order chi connectivity index (χ0) is 15.8. The van der Waals surface area contributed by atoms with E-state index in [1.54, 1.807) is 5.70 Å². The van der Waals surface area contributed by atoms with Crippen molar-refractivity contribution in [2.45, 2.75) is 73.5 Å². The van der Waals surface area contributed by atoms with E-state index in [2.05, 4.69) is 64.5 Å². The van der Waals surface area contributed by atoms with Gasteiger partial charge in [-0.25, -0.2) is 0 Å². The van der Waals surface area contributed by atoms with Crippen LogP contribution in [-0.2, 0) is 0 Å². The lowest BCUT2D eigenvalue weighted by Gasteiger charge is -2.38. The average molecular weight is 289 g/mol. The Morgan fingerprint density at radius 3 is 2.14 bits per heavy atom. The summed E-state index contributed by atoms with van der Waals surface area (Å²) < 4.78 is 0. The molecule has 0 N–H and O–H groups in total. The predicted molar refractivity (Wildman–Crippen MR) is 97.5 cm³/mol. The molecule has 1 rings (SSSR count). The molecule has 0 amide bonds. The topological polar surface area (TPSA) is 3.24 Å². The minimum Gasteiger partial charge on any atom is -0.414 e. The zero-order valence-electron chi connectivity index (χ0n) is 15.2. The Morgan fingerprint density at radius 1 is 0.952 bits per heavy atom. The average Bonchev–Trinajstić information content (AvgIpc) is 2.49. The van der Waals surface area contributed by atoms with Gasteiger partial charge in [-0.05, 0) is 36.6 Å². The fourth-order valence-electron chi connectivity index (χ4n) is 2.90. The third-order valence-corrected chi connectivity index (χ3v) is 5.19. The van der Waals surface area contributed by atoms with Crippen LogP contribution >= 0.6 is 0 Å². The molecule has 1 aliphatic heterocycles. The Kier molecular flexibility index (Phi) is 8.22. The first kappa shape index (κ1) is 18.4. The van der Waals surface area contributed by atoms with E-state index < -0.39 is 0 Å². The van der Waals surface area contributed by atoms with Crippen LogP contribution in [0.2, 0.25) is 6.32 Å². The SMILES string of the molecule is CCC(C)CB1C=CC=C(CC(C)CC)N1CC(C)CC. The maximum Gasteiger partial charge on any atom is 0.281 e.